The third-order valence-corrected chi connectivity index (χ3v) is 4.39. The van der Waals surface area contributed by atoms with Gasteiger partial charge in [0.1, 0.15) is 12.2 Å². The summed E-state index contributed by atoms with van der Waals surface area (Å²) in [5.41, 5.74) is 1.69. The van der Waals surface area contributed by atoms with Crippen molar-refractivity contribution in [3.8, 4) is 6.07 Å². The van der Waals surface area contributed by atoms with Gasteiger partial charge >= 0.3 is 0 Å². The molecule has 0 unspecified atom stereocenters. The van der Waals surface area contributed by atoms with Crippen LogP contribution in [0.2, 0.25) is 0 Å². The summed E-state index contributed by atoms with van der Waals surface area (Å²) in [7, 11) is 0. The highest BCUT2D eigenvalue weighted by atomic mass is 79.9. The molecule has 5 heteroatoms. The second kappa shape index (κ2) is 6.13. The summed E-state index contributed by atoms with van der Waals surface area (Å²) in [6.07, 6.45) is 2.51. The predicted octanol–water partition coefficient (Wildman–Crippen LogP) is 2.70. The van der Waals surface area contributed by atoms with Crippen molar-refractivity contribution in [1.29, 1.82) is 5.26 Å². The Kier molecular flexibility index (Phi) is 4.25. The minimum Gasteiger partial charge on any atom is -0.375 e. The summed E-state index contributed by atoms with van der Waals surface area (Å²) in [6, 6.07) is 8.12. The van der Waals surface area contributed by atoms with E-state index in [4.69, 9.17) is 9.47 Å². The minimum absolute atomic E-state index is 0.112. The smallest absolute Gasteiger partial charge is 0.101 e. The van der Waals surface area contributed by atoms with E-state index in [2.05, 4.69) is 26.9 Å². The number of morpholine rings is 1. The van der Waals surface area contributed by atoms with Gasteiger partial charge in [-0.3, -0.25) is 0 Å². The Labute approximate surface area is 127 Å². The number of halogens is 1. The van der Waals surface area contributed by atoms with Gasteiger partial charge in [0, 0.05) is 24.2 Å². The molecule has 0 bridgehead atoms. The SMILES string of the molecule is N#Cc1cc(Br)ccc1N1CCO[C@H]([C@H]2CCCO2)C1. The van der Waals surface area contributed by atoms with Crippen LogP contribution in [-0.4, -0.2) is 38.5 Å². The van der Waals surface area contributed by atoms with E-state index in [1.165, 1.54) is 0 Å². The number of nitrogens with zero attached hydrogens (tertiary/aromatic N) is 2. The lowest BCUT2D eigenvalue weighted by Gasteiger charge is -2.37. The van der Waals surface area contributed by atoms with E-state index in [-0.39, 0.29) is 12.2 Å². The van der Waals surface area contributed by atoms with Crippen LogP contribution < -0.4 is 4.90 Å². The highest BCUT2D eigenvalue weighted by Crippen LogP contribution is 2.28. The molecule has 0 saturated carbocycles. The molecule has 2 aliphatic heterocycles. The van der Waals surface area contributed by atoms with Crippen LogP contribution in [0.1, 0.15) is 18.4 Å². The Morgan fingerprint density at radius 1 is 1.25 bits per heavy atom. The van der Waals surface area contributed by atoms with Crippen LogP contribution in [-0.2, 0) is 9.47 Å². The predicted molar refractivity (Wildman–Crippen MR) is 79.8 cm³/mol. The number of hydrogen-bond donors (Lipinski definition) is 0. The highest BCUT2D eigenvalue weighted by Gasteiger charge is 2.31. The van der Waals surface area contributed by atoms with Crippen LogP contribution in [0.3, 0.4) is 0 Å². The van der Waals surface area contributed by atoms with Gasteiger partial charge in [0.05, 0.1) is 24.0 Å². The van der Waals surface area contributed by atoms with Crippen molar-refractivity contribution in [3.05, 3.63) is 28.2 Å². The van der Waals surface area contributed by atoms with Crippen LogP contribution in [0, 0.1) is 11.3 Å². The summed E-state index contributed by atoms with van der Waals surface area (Å²) < 4.78 is 12.5. The van der Waals surface area contributed by atoms with Gasteiger partial charge < -0.3 is 14.4 Å². The second-order valence-corrected chi connectivity index (χ2v) is 6.10. The van der Waals surface area contributed by atoms with Crippen molar-refractivity contribution in [2.24, 2.45) is 0 Å². The first-order valence-electron chi connectivity index (χ1n) is 6.96. The zero-order chi connectivity index (χ0) is 13.9. The van der Waals surface area contributed by atoms with Crippen LogP contribution in [0.4, 0.5) is 5.69 Å². The largest absolute Gasteiger partial charge is 0.375 e. The molecule has 2 fully saturated rings. The summed E-state index contributed by atoms with van der Waals surface area (Å²) in [6.45, 7) is 3.14. The van der Waals surface area contributed by atoms with E-state index in [9.17, 15) is 5.26 Å². The molecule has 106 valence electrons. The Morgan fingerprint density at radius 3 is 2.85 bits per heavy atom. The number of rotatable bonds is 2. The molecule has 1 aromatic rings. The zero-order valence-electron chi connectivity index (χ0n) is 11.2. The molecule has 0 radical (unpaired) electrons. The first-order valence-corrected chi connectivity index (χ1v) is 7.75. The summed E-state index contributed by atoms with van der Waals surface area (Å²) in [5.74, 6) is 0. The monoisotopic (exact) mass is 336 g/mol. The summed E-state index contributed by atoms with van der Waals surface area (Å²) in [4.78, 5) is 2.24. The van der Waals surface area contributed by atoms with Gasteiger partial charge in [0.15, 0.2) is 0 Å². The molecule has 0 aliphatic carbocycles. The zero-order valence-corrected chi connectivity index (χ0v) is 12.8. The van der Waals surface area contributed by atoms with Crippen LogP contribution in [0.25, 0.3) is 0 Å². The van der Waals surface area contributed by atoms with E-state index < -0.39 is 0 Å². The highest BCUT2D eigenvalue weighted by molar-refractivity contribution is 9.10. The number of anilines is 1. The average Bonchev–Trinajstić information content (AvgIpc) is 3.01. The lowest BCUT2D eigenvalue weighted by Crippen LogP contribution is -2.47. The van der Waals surface area contributed by atoms with Crippen molar-refractivity contribution in [2.45, 2.75) is 25.0 Å². The molecule has 2 atom stereocenters. The molecular weight excluding hydrogens is 320 g/mol. The van der Waals surface area contributed by atoms with Gasteiger partial charge in [-0.05, 0) is 31.0 Å². The number of hydrogen-bond acceptors (Lipinski definition) is 4. The summed E-state index contributed by atoms with van der Waals surface area (Å²) in [5, 5.41) is 9.30. The number of nitriles is 1. The van der Waals surface area contributed by atoms with Gasteiger partial charge in [-0.15, -0.1) is 0 Å². The minimum atomic E-state index is 0.112. The number of ether oxygens (including phenoxy) is 2. The molecular formula is C15H17BrN2O2. The average molecular weight is 337 g/mol. The van der Waals surface area contributed by atoms with Gasteiger partial charge in [-0.2, -0.15) is 5.26 Å². The van der Waals surface area contributed by atoms with E-state index in [0.29, 0.717) is 12.2 Å². The third-order valence-electron chi connectivity index (χ3n) is 3.89. The molecule has 0 aromatic heterocycles. The molecule has 3 rings (SSSR count). The van der Waals surface area contributed by atoms with Gasteiger partial charge in [0.25, 0.3) is 0 Å². The van der Waals surface area contributed by atoms with E-state index in [1.54, 1.807) is 0 Å². The Bertz CT molecular complexity index is 523. The molecule has 0 amide bonds. The maximum absolute atomic E-state index is 9.30. The topological polar surface area (TPSA) is 45.5 Å². The van der Waals surface area contributed by atoms with Crippen molar-refractivity contribution >= 4 is 21.6 Å². The van der Waals surface area contributed by atoms with Crippen molar-refractivity contribution < 1.29 is 9.47 Å². The van der Waals surface area contributed by atoms with Gasteiger partial charge in [-0.25, -0.2) is 0 Å². The maximum atomic E-state index is 9.30. The molecule has 0 spiro atoms. The van der Waals surface area contributed by atoms with Crippen LogP contribution in [0.5, 0.6) is 0 Å². The Balaban J connectivity index is 1.78. The number of benzene rings is 1. The van der Waals surface area contributed by atoms with Gasteiger partial charge in [-0.1, -0.05) is 15.9 Å². The molecule has 1 aromatic carbocycles. The maximum Gasteiger partial charge on any atom is 0.101 e. The van der Waals surface area contributed by atoms with E-state index in [0.717, 1.165) is 42.7 Å². The molecule has 2 saturated heterocycles. The molecule has 0 N–H and O–H groups in total. The lowest BCUT2D eigenvalue weighted by atomic mass is 10.1. The van der Waals surface area contributed by atoms with E-state index in [1.807, 2.05) is 18.2 Å². The first kappa shape index (κ1) is 13.9. The summed E-state index contributed by atoms with van der Waals surface area (Å²) >= 11 is 3.41. The van der Waals surface area contributed by atoms with E-state index >= 15 is 0 Å². The van der Waals surface area contributed by atoms with Crippen molar-refractivity contribution in [2.75, 3.05) is 31.2 Å². The van der Waals surface area contributed by atoms with Crippen molar-refractivity contribution in [1.82, 2.24) is 0 Å². The van der Waals surface area contributed by atoms with Gasteiger partial charge in [0.2, 0.25) is 0 Å². The fourth-order valence-corrected chi connectivity index (χ4v) is 3.25. The fraction of sp³-hybridized carbons (Fsp3) is 0.533. The third kappa shape index (κ3) is 2.83. The normalized spacial score (nSPS) is 26.5. The molecule has 20 heavy (non-hydrogen) atoms. The molecule has 2 aliphatic rings. The Hall–Kier alpha value is -1.09. The van der Waals surface area contributed by atoms with Crippen molar-refractivity contribution in [3.63, 3.8) is 0 Å². The quantitative estimate of drug-likeness (QED) is 0.832. The second-order valence-electron chi connectivity index (χ2n) is 5.18. The first-order chi connectivity index (χ1) is 9.78. The molecule has 4 nitrogen and oxygen atoms in total. The standard InChI is InChI=1S/C15H17BrN2O2/c16-12-3-4-13(11(8-12)9-17)18-5-7-20-15(10-18)14-2-1-6-19-14/h3-4,8,14-15H,1-2,5-7,10H2/t14-,15+/m1/s1. The van der Waals surface area contributed by atoms with Crippen LogP contribution in [0.15, 0.2) is 22.7 Å². The Morgan fingerprint density at radius 2 is 2.10 bits per heavy atom. The molecule has 2 heterocycles. The fourth-order valence-electron chi connectivity index (χ4n) is 2.89. The van der Waals surface area contributed by atoms with Crippen LogP contribution >= 0.6 is 15.9 Å². The lowest BCUT2D eigenvalue weighted by molar-refractivity contribution is -0.0543.